The van der Waals surface area contributed by atoms with Crippen LogP contribution in [0, 0.1) is 0 Å². The monoisotopic (exact) mass is 260 g/mol. The summed E-state index contributed by atoms with van der Waals surface area (Å²) in [5.74, 6) is -0.817. The second kappa shape index (κ2) is 4.61. The smallest absolute Gasteiger partial charge is 0.267 e. The van der Waals surface area contributed by atoms with Crippen molar-refractivity contribution in [3.8, 4) is 0 Å². The van der Waals surface area contributed by atoms with E-state index >= 15 is 0 Å². The van der Waals surface area contributed by atoms with E-state index in [1.807, 2.05) is 0 Å². The third-order valence-corrected chi connectivity index (χ3v) is 1.97. The van der Waals surface area contributed by atoms with Crippen molar-refractivity contribution in [3.63, 3.8) is 0 Å². The molecule has 2 heterocycles. The number of carbonyl (C=O) groups excluding carboxylic acids is 1. The number of hydroxylamine groups is 1. The van der Waals surface area contributed by atoms with E-state index in [4.69, 9.17) is 0 Å². The highest BCUT2D eigenvalue weighted by atomic mass is 19.4. The highest BCUT2D eigenvalue weighted by Crippen LogP contribution is 2.14. The molecule has 0 aliphatic carbocycles. The van der Waals surface area contributed by atoms with Gasteiger partial charge in [0.1, 0.15) is 0 Å². The number of nitrogens with zero attached hydrogens (tertiary/aromatic N) is 3. The van der Waals surface area contributed by atoms with Crippen molar-refractivity contribution >= 4 is 11.4 Å². The Labute approximate surface area is 98.3 Å². The molecule has 0 saturated heterocycles. The molecule has 0 unspecified atom stereocenters. The van der Waals surface area contributed by atoms with Gasteiger partial charge in [-0.1, -0.05) is 0 Å². The molecule has 0 spiro atoms. The van der Waals surface area contributed by atoms with Crippen LogP contribution in [0.15, 0.2) is 24.8 Å². The van der Waals surface area contributed by atoms with E-state index in [-0.39, 0.29) is 5.56 Å². The summed E-state index contributed by atoms with van der Waals surface area (Å²) >= 11 is 0. The van der Waals surface area contributed by atoms with Crippen LogP contribution in [0.4, 0.5) is 13.2 Å². The van der Waals surface area contributed by atoms with Crippen LogP contribution in [0.25, 0.3) is 5.52 Å². The van der Waals surface area contributed by atoms with Crippen LogP contribution in [0.1, 0.15) is 10.4 Å². The van der Waals surface area contributed by atoms with Crippen LogP contribution in [0.2, 0.25) is 0 Å². The van der Waals surface area contributed by atoms with Gasteiger partial charge in [-0.15, -0.1) is 0 Å². The predicted octanol–water partition coefficient (Wildman–Crippen LogP) is 0.953. The lowest BCUT2D eigenvalue weighted by Crippen LogP contribution is -2.29. The van der Waals surface area contributed by atoms with Crippen molar-refractivity contribution in [1.82, 2.24) is 20.1 Å². The fraction of sp³-hybridized carbons (Fsp3) is 0.222. The zero-order valence-electron chi connectivity index (χ0n) is 8.81. The van der Waals surface area contributed by atoms with Gasteiger partial charge in [0.05, 0.1) is 23.5 Å². The first-order chi connectivity index (χ1) is 8.47. The highest BCUT2D eigenvalue weighted by molar-refractivity contribution is 5.99. The van der Waals surface area contributed by atoms with E-state index in [1.54, 1.807) is 5.48 Å². The van der Waals surface area contributed by atoms with Crippen LogP contribution in [-0.4, -0.2) is 33.3 Å². The molecule has 2 aromatic heterocycles. The predicted molar refractivity (Wildman–Crippen MR) is 52.5 cm³/mol. The number of aromatic nitrogens is 3. The Morgan fingerprint density at radius 3 is 2.94 bits per heavy atom. The highest BCUT2D eigenvalue weighted by Gasteiger charge is 2.28. The summed E-state index contributed by atoms with van der Waals surface area (Å²) in [4.78, 5) is 19.4. The molecule has 0 radical (unpaired) electrons. The number of nitrogens with one attached hydrogen (secondary N) is 1. The third kappa shape index (κ3) is 2.74. The Kier molecular flexibility index (Phi) is 3.15. The summed E-state index contributed by atoms with van der Waals surface area (Å²) in [5.41, 5.74) is 2.13. The van der Waals surface area contributed by atoms with E-state index in [2.05, 4.69) is 14.9 Å². The number of fused-ring (bicyclic) bond motifs is 1. The van der Waals surface area contributed by atoms with E-state index in [0.29, 0.717) is 5.52 Å². The average molecular weight is 260 g/mol. The summed E-state index contributed by atoms with van der Waals surface area (Å²) in [6.07, 6.45) is 1.04. The Balaban J connectivity index is 2.05. The zero-order chi connectivity index (χ0) is 13.2. The van der Waals surface area contributed by atoms with Crippen molar-refractivity contribution in [2.45, 2.75) is 6.18 Å². The van der Waals surface area contributed by atoms with Crippen molar-refractivity contribution in [2.24, 2.45) is 0 Å². The standard InChI is InChI=1S/C9H7F3N4O2/c10-9(11,12)5-18-15-8(17)6-3-14-16-2-1-13-4-7(6)16/h1-4H,5H2,(H,15,17). The molecule has 2 rings (SSSR count). The van der Waals surface area contributed by atoms with Crippen LogP contribution in [-0.2, 0) is 4.84 Å². The molecule has 6 nitrogen and oxygen atoms in total. The minimum atomic E-state index is -4.50. The van der Waals surface area contributed by atoms with Crippen LogP contribution < -0.4 is 5.48 Å². The lowest BCUT2D eigenvalue weighted by Gasteiger charge is -2.07. The number of halogens is 3. The van der Waals surface area contributed by atoms with Crippen molar-refractivity contribution < 1.29 is 22.8 Å². The maximum atomic E-state index is 11.8. The van der Waals surface area contributed by atoms with Gasteiger partial charge in [-0.25, -0.2) is 10.00 Å². The van der Waals surface area contributed by atoms with Gasteiger partial charge in [-0.2, -0.15) is 18.3 Å². The summed E-state index contributed by atoms with van der Waals surface area (Å²) in [7, 11) is 0. The van der Waals surface area contributed by atoms with E-state index in [1.165, 1.54) is 29.3 Å². The van der Waals surface area contributed by atoms with Gasteiger partial charge in [-0.05, 0) is 0 Å². The number of hydrogen-bond acceptors (Lipinski definition) is 4. The summed E-state index contributed by atoms with van der Waals surface area (Å²) in [5, 5.41) is 3.83. The maximum absolute atomic E-state index is 11.8. The quantitative estimate of drug-likeness (QED) is 0.834. The SMILES string of the molecule is O=C(NOCC(F)(F)F)c1cnn2ccncc12. The molecular formula is C9H7F3N4O2. The summed E-state index contributed by atoms with van der Waals surface area (Å²) < 4.78 is 36.8. The Morgan fingerprint density at radius 1 is 1.44 bits per heavy atom. The largest absolute Gasteiger partial charge is 0.414 e. The van der Waals surface area contributed by atoms with Gasteiger partial charge in [-0.3, -0.25) is 14.6 Å². The lowest BCUT2D eigenvalue weighted by molar-refractivity contribution is -0.184. The van der Waals surface area contributed by atoms with Crippen LogP contribution in [0.5, 0.6) is 0 Å². The van der Waals surface area contributed by atoms with Gasteiger partial charge in [0, 0.05) is 12.4 Å². The number of carbonyl (C=O) groups is 1. The molecule has 0 aromatic carbocycles. The maximum Gasteiger partial charge on any atom is 0.414 e. The molecule has 2 aromatic rings. The first-order valence-corrected chi connectivity index (χ1v) is 4.73. The Hall–Kier alpha value is -2.16. The van der Waals surface area contributed by atoms with Gasteiger partial charge in [0.15, 0.2) is 6.61 Å². The number of hydrogen-bond donors (Lipinski definition) is 1. The molecule has 18 heavy (non-hydrogen) atoms. The Morgan fingerprint density at radius 2 is 2.22 bits per heavy atom. The van der Waals surface area contributed by atoms with Crippen molar-refractivity contribution in [2.75, 3.05) is 6.61 Å². The average Bonchev–Trinajstić information content (AvgIpc) is 2.70. The van der Waals surface area contributed by atoms with E-state index < -0.39 is 18.7 Å². The first-order valence-electron chi connectivity index (χ1n) is 4.73. The fourth-order valence-corrected chi connectivity index (χ4v) is 1.25. The molecule has 1 N–H and O–H groups in total. The molecule has 0 fully saturated rings. The zero-order valence-corrected chi connectivity index (χ0v) is 8.81. The molecular weight excluding hydrogens is 253 g/mol. The van der Waals surface area contributed by atoms with E-state index in [0.717, 1.165) is 0 Å². The minimum Gasteiger partial charge on any atom is -0.267 e. The molecule has 0 atom stereocenters. The van der Waals surface area contributed by atoms with Crippen molar-refractivity contribution in [3.05, 3.63) is 30.4 Å². The molecule has 0 saturated carbocycles. The van der Waals surface area contributed by atoms with Crippen molar-refractivity contribution in [1.29, 1.82) is 0 Å². The second-order valence-corrected chi connectivity index (χ2v) is 3.30. The summed E-state index contributed by atoms with van der Waals surface area (Å²) in [6.45, 7) is -1.56. The van der Waals surface area contributed by atoms with Gasteiger partial charge in [0.2, 0.25) is 0 Å². The summed E-state index contributed by atoms with van der Waals surface area (Å²) in [6, 6.07) is 0. The minimum absolute atomic E-state index is 0.0743. The molecule has 0 bridgehead atoms. The number of amides is 1. The van der Waals surface area contributed by atoms with Crippen LogP contribution >= 0.6 is 0 Å². The second-order valence-electron chi connectivity index (χ2n) is 3.30. The van der Waals surface area contributed by atoms with E-state index in [9.17, 15) is 18.0 Å². The Bertz CT molecular complexity index is 566. The molecule has 0 aliphatic rings. The normalized spacial score (nSPS) is 11.7. The third-order valence-electron chi connectivity index (χ3n) is 1.97. The lowest BCUT2D eigenvalue weighted by atomic mass is 10.3. The molecule has 96 valence electrons. The topological polar surface area (TPSA) is 68.5 Å². The number of rotatable bonds is 3. The molecule has 0 aliphatic heterocycles. The number of alkyl halides is 3. The van der Waals surface area contributed by atoms with Gasteiger partial charge < -0.3 is 0 Å². The van der Waals surface area contributed by atoms with Gasteiger partial charge >= 0.3 is 6.18 Å². The fourth-order valence-electron chi connectivity index (χ4n) is 1.25. The molecule has 1 amide bonds. The first kappa shape index (κ1) is 12.3. The van der Waals surface area contributed by atoms with Gasteiger partial charge in [0.25, 0.3) is 5.91 Å². The molecule has 9 heteroatoms. The van der Waals surface area contributed by atoms with Crippen LogP contribution in [0.3, 0.4) is 0 Å².